The molecule has 5 fully saturated rings. The highest BCUT2D eigenvalue weighted by molar-refractivity contribution is 5.85. The number of hydrogen-bond acceptors (Lipinski definition) is 9. The number of ether oxygens (including phenoxy) is 1. The lowest BCUT2D eigenvalue weighted by molar-refractivity contribution is -0.175. The Kier molecular flexibility index (Phi) is 11.9. The molecule has 0 spiro atoms. The van der Waals surface area contributed by atoms with Gasteiger partial charge in [0.15, 0.2) is 5.78 Å². The molecular weight excluding hydrogens is 638 g/mol. The van der Waals surface area contributed by atoms with Crippen molar-refractivity contribution in [1.29, 1.82) is 0 Å². The fourth-order valence-corrected chi connectivity index (χ4v) is 10.4. The first-order valence-electron chi connectivity index (χ1n) is 19.6. The number of likely N-dealkylation sites (tertiary alicyclic amines) is 1. The van der Waals surface area contributed by atoms with Crippen LogP contribution in [0.4, 0.5) is 5.69 Å². The number of carbonyl (C=O) groups is 1. The molecule has 282 valence electrons. The summed E-state index contributed by atoms with van der Waals surface area (Å²) in [6.07, 6.45) is 4.25. The van der Waals surface area contributed by atoms with Gasteiger partial charge >= 0.3 is 0 Å². The van der Waals surface area contributed by atoms with Crippen LogP contribution in [-0.2, 0) is 22.7 Å². The standard InChI is InChI=1S/C42H65N5O4/c1-9-46-15-11-13-33(46)24-44-23-28-16-31(19-34(17-28)45(6)7)35-14-10-12-29(41(35)50-8)25-47-40(39(27(3)48)38(22-43)51-47)37(49)20-30-18-32-21-36(26(30)2)42(32,4)5/h10,12,14,16-17,19,26-27,30,32-33,36,38-40,44,48H,9,11,13,15,18,20-25,43H2,1-8H3/t26-,27+,30-,32+,33-,36+,38+,39-,40-/m1/s1. The van der Waals surface area contributed by atoms with Crippen LogP contribution in [0.3, 0.4) is 0 Å². The zero-order valence-corrected chi connectivity index (χ0v) is 32.5. The summed E-state index contributed by atoms with van der Waals surface area (Å²) in [5, 5.41) is 16.6. The van der Waals surface area contributed by atoms with Crippen molar-refractivity contribution in [3.8, 4) is 16.9 Å². The first-order chi connectivity index (χ1) is 24.4. The molecule has 2 aromatic carbocycles. The molecule has 2 bridgehead atoms. The molecule has 3 aliphatic carbocycles. The molecule has 2 saturated heterocycles. The number of ketones is 1. The number of fused-ring (bicyclic) bond motifs is 2. The van der Waals surface area contributed by atoms with Crippen molar-refractivity contribution in [3.05, 3.63) is 47.5 Å². The highest BCUT2D eigenvalue weighted by atomic mass is 16.7. The van der Waals surface area contributed by atoms with Gasteiger partial charge in [-0.15, -0.1) is 0 Å². The molecule has 0 amide bonds. The number of anilines is 1. The summed E-state index contributed by atoms with van der Waals surface area (Å²) in [7, 11) is 5.87. The van der Waals surface area contributed by atoms with Gasteiger partial charge in [-0.3, -0.25) is 14.5 Å². The van der Waals surface area contributed by atoms with Crippen molar-refractivity contribution in [1.82, 2.24) is 15.3 Å². The average Bonchev–Trinajstić information content (AvgIpc) is 3.72. The number of hydroxylamine groups is 2. The predicted molar refractivity (Wildman–Crippen MR) is 205 cm³/mol. The number of nitrogens with one attached hydrogen (secondary N) is 1. The lowest BCUT2D eigenvalue weighted by atomic mass is 9.43. The smallest absolute Gasteiger partial charge is 0.153 e. The highest BCUT2D eigenvalue weighted by Gasteiger charge is 2.57. The van der Waals surface area contributed by atoms with E-state index in [1.165, 1.54) is 31.4 Å². The number of Topliss-reactive ketones (excluding diaryl/α,β-unsaturated/α-hetero) is 1. The number of nitrogens with two attached hydrogens (primary N) is 1. The summed E-state index contributed by atoms with van der Waals surface area (Å²) >= 11 is 0. The van der Waals surface area contributed by atoms with Gasteiger partial charge in [-0.1, -0.05) is 45.9 Å². The number of nitrogens with zero attached hydrogens (tertiary/aromatic N) is 3. The lowest BCUT2D eigenvalue weighted by Gasteiger charge is -2.62. The van der Waals surface area contributed by atoms with E-state index in [4.69, 9.17) is 15.3 Å². The van der Waals surface area contributed by atoms with Gasteiger partial charge in [-0.05, 0) is 104 Å². The number of rotatable bonds is 15. The number of para-hydroxylation sites is 1. The van der Waals surface area contributed by atoms with Crippen LogP contribution in [0.15, 0.2) is 36.4 Å². The highest BCUT2D eigenvalue weighted by Crippen LogP contribution is 2.63. The second-order valence-corrected chi connectivity index (χ2v) is 16.9. The molecule has 0 aromatic heterocycles. The number of aliphatic hydroxyl groups is 1. The van der Waals surface area contributed by atoms with E-state index < -0.39 is 24.2 Å². The maximum atomic E-state index is 14.4. The average molecular weight is 704 g/mol. The summed E-state index contributed by atoms with van der Waals surface area (Å²) in [6, 6.07) is 13.0. The van der Waals surface area contributed by atoms with Crippen molar-refractivity contribution in [3.63, 3.8) is 0 Å². The van der Waals surface area contributed by atoms with Crippen LogP contribution in [-0.4, -0.2) is 92.5 Å². The van der Waals surface area contributed by atoms with Crippen LogP contribution in [0.1, 0.15) is 77.8 Å². The lowest BCUT2D eigenvalue weighted by Crippen LogP contribution is -2.55. The summed E-state index contributed by atoms with van der Waals surface area (Å²) < 4.78 is 6.17. The van der Waals surface area contributed by atoms with Gasteiger partial charge in [0.25, 0.3) is 0 Å². The molecule has 4 N–H and O–H groups in total. The molecule has 3 saturated carbocycles. The van der Waals surface area contributed by atoms with Gasteiger partial charge in [-0.25, -0.2) is 0 Å². The molecule has 9 heteroatoms. The predicted octanol–water partition coefficient (Wildman–Crippen LogP) is 5.72. The van der Waals surface area contributed by atoms with E-state index in [1.807, 2.05) is 5.06 Å². The molecule has 0 radical (unpaired) electrons. The number of carbonyl (C=O) groups excluding carboxylic acids is 1. The minimum absolute atomic E-state index is 0.151. The molecule has 5 aliphatic rings. The molecule has 9 nitrogen and oxygen atoms in total. The van der Waals surface area contributed by atoms with Crippen molar-refractivity contribution in [2.75, 3.05) is 52.3 Å². The van der Waals surface area contributed by atoms with Crippen molar-refractivity contribution >= 4 is 11.5 Å². The summed E-state index contributed by atoms with van der Waals surface area (Å²) in [5.41, 5.74) is 11.9. The maximum Gasteiger partial charge on any atom is 0.153 e. The molecule has 2 heterocycles. The van der Waals surface area contributed by atoms with Gasteiger partial charge in [0, 0.05) is 68.9 Å². The minimum atomic E-state index is -0.735. The molecule has 7 rings (SSSR count). The second-order valence-electron chi connectivity index (χ2n) is 16.9. The van der Waals surface area contributed by atoms with Gasteiger partial charge < -0.3 is 25.8 Å². The van der Waals surface area contributed by atoms with Crippen LogP contribution in [0.2, 0.25) is 0 Å². The maximum absolute atomic E-state index is 14.4. The van der Waals surface area contributed by atoms with E-state index >= 15 is 0 Å². The first kappa shape index (κ1) is 38.2. The van der Waals surface area contributed by atoms with Gasteiger partial charge in [-0.2, -0.15) is 5.06 Å². The van der Waals surface area contributed by atoms with Crippen molar-refractivity contribution in [2.24, 2.45) is 40.7 Å². The van der Waals surface area contributed by atoms with Gasteiger partial charge in [0.2, 0.25) is 0 Å². The number of hydrogen-bond donors (Lipinski definition) is 3. The third kappa shape index (κ3) is 7.62. The Labute approximate surface area is 307 Å². The van der Waals surface area contributed by atoms with E-state index in [9.17, 15) is 9.90 Å². The Morgan fingerprint density at radius 1 is 1.22 bits per heavy atom. The normalized spacial score (nSPS) is 31.0. The number of methoxy groups -OCH3 is 1. The van der Waals surface area contributed by atoms with E-state index in [0.29, 0.717) is 48.1 Å². The Morgan fingerprint density at radius 3 is 2.65 bits per heavy atom. The molecule has 9 atom stereocenters. The van der Waals surface area contributed by atoms with Crippen molar-refractivity contribution < 1.29 is 19.5 Å². The zero-order valence-electron chi connectivity index (χ0n) is 32.5. The Balaban J connectivity index is 1.24. The molecule has 0 unspecified atom stereocenters. The number of benzene rings is 2. The van der Waals surface area contributed by atoms with Crippen LogP contribution < -0.4 is 20.7 Å². The van der Waals surface area contributed by atoms with E-state index in [1.54, 1.807) is 14.0 Å². The number of aliphatic hydroxyl groups excluding tert-OH is 1. The molecule has 2 aliphatic heterocycles. The monoisotopic (exact) mass is 704 g/mol. The van der Waals surface area contributed by atoms with Gasteiger partial charge in [0.1, 0.15) is 11.8 Å². The fourth-order valence-electron chi connectivity index (χ4n) is 10.4. The Hall–Kier alpha value is -2.53. The quantitative estimate of drug-likeness (QED) is 0.215. The molecule has 51 heavy (non-hydrogen) atoms. The van der Waals surface area contributed by atoms with E-state index in [2.05, 4.69) is 93.3 Å². The van der Waals surface area contributed by atoms with Gasteiger partial charge in [0.05, 0.1) is 25.9 Å². The molecular formula is C42H65N5O4. The largest absolute Gasteiger partial charge is 0.496 e. The van der Waals surface area contributed by atoms with Crippen molar-refractivity contribution in [2.45, 2.75) is 104 Å². The van der Waals surface area contributed by atoms with Crippen LogP contribution in [0.5, 0.6) is 5.75 Å². The number of likely N-dealkylation sites (N-methyl/N-ethyl adjacent to an activating group) is 1. The fraction of sp³-hybridized carbons (Fsp3) is 0.690. The van der Waals surface area contributed by atoms with Crippen LogP contribution >= 0.6 is 0 Å². The molecule has 2 aromatic rings. The summed E-state index contributed by atoms with van der Waals surface area (Å²) in [4.78, 5) is 25.6. The Morgan fingerprint density at radius 2 is 2.00 bits per heavy atom. The third-order valence-electron chi connectivity index (χ3n) is 13.5. The minimum Gasteiger partial charge on any atom is -0.496 e. The first-order valence-corrected chi connectivity index (χ1v) is 19.6. The summed E-state index contributed by atoms with van der Waals surface area (Å²) in [6.45, 7) is 15.8. The third-order valence-corrected chi connectivity index (χ3v) is 13.5. The van der Waals surface area contributed by atoms with E-state index in [0.717, 1.165) is 54.2 Å². The SMILES string of the molecule is CCN1CCC[C@@H]1CNCc1cc(-c2cccc(CN3O[C@@H](CN)[C@@H]([C@H](C)O)[C@H]3C(=O)C[C@H]3C[C@H]4C[C@@H]([C@@H]3C)C4(C)C)c2OC)cc(N(C)C)c1. The van der Waals surface area contributed by atoms with E-state index in [-0.39, 0.29) is 12.3 Å². The topological polar surface area (TPSA) is 104 Å². The second kappa shape index (κ2) is 15.8. The zero-order chi connectivity index (χ0) is 36.6. The van der Waals surface area contributed by atoms with Crippen LogP contribution in [0.25, 0.3) is 11.1 Å². The Bertz CT molecular complexity index is 1510. The van der Waals surface area contributed by atoms with Crippen LogP contribution in [0, 0.1) is 35.0 Å². The summed E-state index contributed by atoms with van der Waals surface area (Å²) in [5.74, 6) is 2.73.